The summed E-state index contributed by atoms with van der Waals surface area (Å²) in [5.74, 6) is -0.859. The number of carbonyl (C=O) groups is 2. The number of amides is 1. The van der Waals surface area contributed by atoms with Crippen LogP contribution >= 0.6 is 11.3 Å². The van der Waals surface area contributed by atoms with E-state index in [9.17, 15) is 14.7 Å². The standard InChI is InChI=1S/C27H25NO4S/c1-16-12-13-33-26(16)23-22(24(29)19-11-10-17-6-3-4-7-18(17)14-19)25(30)27(31)28(23)20-8-5-9-21(15-20)32-2/h5,8-15,23,29H,3-4,6-7H2,1-2H3/b24-22-. The van der Waals surface area contributed by atoms with Gasteiger partial charge in [0.15, 0.2) is 0 Å². The van der Waals surface area contributed by atoms with Crippen molar-refractivity contribution in [3.05, 3.63) is 86.6 Å². The molecule has 6 heteroatoms. The van der Waals surface area contributed by atoms with E-state index in [2.05, 4.69) is 0 Å². The van der Waals surface area contributed by atoms with Crippen LogP contribution in [0, 0.1) is 6.92 Å². The van der Waals surface area contributed by atoms with Gasteiger partial charge in [-0.1, -0.05) is 18.2 Å². The average molecular weight is 460 g/mol. The van der Waals surface area contributed by atoms with Crippen molar-refractivity contribution >= 4 is 34.5 Å². The van der Waals surface area contributed by atoms with E-state index in [4.69, 9.17) is 4.74 Å². The van der Waals surface area contributed by atoms with Crippen LogP contribution in [0.15, 0.2) is 59.5 Å². The van der Waals surface area contributed by atoms with Gasteiger partial charge in [-0.2, -0.15) is 0 Å². The number of thiophene rings is 1. The quantitative estimate of drug-likeness (QED) is 0.315. The van der Waals surface area contributed by atoms with Crippen LogP contribution in [0.2, 0.25) is 0 Å². The lowest BCUT2D eigenvalue weighted by molar-refractivity contribution is -0.132. The van der Waals surface area contributed by atoms with Crippen LogP contribution in [-0.4, -0.2) is 23.9 Å². The normalized spacial score (nSPS) is 19.6. The summed E-state index contributed by atoms with van der Waals surface area (Å²) >= 11 is 1.48. The van der Waals surface area contributed by atoms with Gasteiger partial charge in [0.05, 0.1) is 12.7 Å². The molecule has 5 rings (SSSR count). The molecule has 1 aliphatic heterocycles. The number of aryl methyl sites for hydroxylation is 3. The fourth-order valence-electron chi connectivity index (χ4n) is 4.81. The van der Waals surface area contributed by atoms with E-state index >= 15 is 0 Å². The molecule has 0 bridgehead atoms. The highest BCUT2D eigenvalue weighted by Gasteiger charge is 2.48. The van der Waals surface area contributed by atoms with E-state index in [0.717, 1.165) is 29.7 Å². The Hall–Kier alpha value is -3.38. The Labute approximate surface area is 196 Å². The van der Waals surface area contributed by atoms with Crippen LogP contribution in [0.3, 0.4) is 0 Å². The van der Waals surface area contributed by atoms with Gasteiger partial charge in [0.2, 0.25) is 0 Å². The Morgan fingerprint density at radius 2 is 1.85 bits per heavy atom. The Kier molecular flexibility index (Phi) is 5.54. The van der Waals surface area contributed by atoms with Crippen LogP contribution in [-0.2, 0) is 22.4 Å². The molecule has 1 fully saturated rings. The van der Waals surface area contributed by atoms with Crippen LogP contribution in [0.1, 0.15) is 46.0 Å². The topological polar surface area (TPSA) is 66.8 Å². The number of benzene rings is 2. The van der Waals surface area contributed by atoms with Gasteiger partial charge in [0.25, 0.3) is 11.7 Å². The minimum absolute atomic E-state index is 0.120. The van der Waals surface area contributed by atoms with Gasteiger partial charge in [-0.05, 0) is 78.9 Å². The fraction of sp³-hybridized carbons (Fsp3) is 0.259. The molecule has 1 atom stereocenters. The van der Waals surface area contributed by atoms with Crippen molar-refractivity contribution in [2.75, 3.05) is 12.0 Å². The summed E-state index contributed by atoms with van der Waals surface area (Å²) in [6.07, 6.45) is 4.28. The summed E-state index contributed by atoms with van der Waals surface area (Å²) in [5.41, 5.74) is 4.73. The smallest absolute Gasteiger partial charge is 0.300 e. The first-order valence-corrected chi connectivity index (χ1v) is 12.0. The maximum atomic E-state index is 13.3. The van der Waals surface area contributed by atoms with Crippen LogP contribution in [0.4, 0.5) is 5.69 Å². The van der Waals surface area contributed by atoms with E-state index in [0.29, 0.717) is 17.0 Å². The number of hydrogen-bond donors (Lipinski definition) is 1. The number of nitrogens with zero attached hydrogens (tertiary/aromatic N) is 1. The second-order valence-electron chi connectivity index (χ2n) is 8.53. The largest absolute Gasteiger partial charge is 0.507 e. The summed E-state index contributed by atoms with van der Waals surface area (Å²) in [6, 6.07) is 14.2. The minimum Gasteiger partial charge on any atom is -0.507 e. The number of fused-ring (bicyclic) bond motifs is 1. The van der Waals surface area contributed by atoms with Gasteiger partial charge in [0, 0.05) is 22.2 Å². The molecule has 0 spiro atoms. The summed E-state index contributed by atoms with van der Waals surface area (Å²) in [7, 11) is 1.56. The third kappa shape index (κ3) is 3.64. The zero-order valence-corrected chi connectivity index (χ0v) is 19.4. The van der Waals surface area contributed by atoms with E-state index in [1.54, 1.807) is 31.4 Å². The molecule has 0 radical (unpaired) electrons. The molecule has 1 aliphatic carbocycles. The molecule has 1 aromatic heterocycles. The van der Waals surface area contributed by atoms with Crippen molar-refractivity contribution in [3.8, 4) is 5.75 Å². The van der Waals surface area contributed by atoms with Crippen LogP contribution < -0.4 is 9.64 Å². The molecule has 1 amide bonds. The molecular formula is C27H25NO4S. The van der Waals surface area contributed by atoms with Crippen molar-refractivity contribution in [2.24, 2.45) is 0 Å². The molecule has 33 heavy (non-hydrogen) atoms. The van der Waals surface area contributed by atoms with Gasteiger partial charge in [0.1, 0.15) is 17.6 Å². The first-order chi connectivity index (χ1) is 16.0. The summed E-state index contributed by atoms with van der Waals surface area (Å²) in [5, 5.41) is 13.3. The number of aliphatic hydroxyl groups excluding tert-OH is 1. The van der Waals surface area contributed by atoms with Crippen LogP contribution in [0.25, 0.3) is 5.76 Å². The molecule has 2 aliphatic rings. The van der Waals surface area contributed by atoms with Crippen molar-refractivity contribution < 1.29 is 19.4 Å². The molecule has 2 heterocycles. The molecule has 1 N–H and O–H groups in total. The number of Topliss-reactive ketones (excluding diaryl/α,β-unsaturated/α-hetero) is 1. The summed E-state index contributed by atoms with van der Waals surface area (Å²) < 4.78 is 5.34. The second kappa shape index (κ2) is 8.52. The number of hydrogen-bond acceptors (Lipinski definition) is 5. The molecule has 2 aromatic carbocycles. The second-order valence-corrected chi connectivity index (χ2v) is 9.48. The van der Waals surface area contributed by atoms with Crippen molar-refractivity contribution in [1.82, 2.24) is 0 Å². The van der Waals surface area contributed by atoms with Crippen molar-refractivity contribution in [1.29, 1.82) is 0 Å². The lowest BCUT2D eigenvalue weighted by Crippen LogP contribution is -2.29. The van der Waals surface area contributed by atoms with E-state index < -0.39 is 17.7 Å². The maximum Gasteiger partial charge on any atom is 0.300 e. The van der Waals surface area contributed by atoms with Crippen molar-refractivity contribution in [3.63, 3.8) is 0 Å². The number of aliphatic hydroxyl groups is 1. The Bertz CT molecular complexity index is 1290. The zero-order chi connectivity index (χ0) is 23.1. The third-order valence-electron chi connectivity index (χ3n) is 6.55. The molecule has 0 saturated carbocycles. The number of anilines is 1. The van der Waals surface area contributed by atoms with Crippen LogP contribution in [0.5, 0.6) is 5.75 Å². The molecule has 1 unspecified atom stereocenters. The van der Waals surface area contributed by atoms with Gasteiger partial charge < -0.3 is 9.84 Å². The Morgan fingerprint density at radius 1 is 1.06 bits per heavy atom. The Morgan fingerprint density at radius 3 is 2.58 bits per heavy atom. The average Bonchev–Trinajstić information content (AvgIpc) is 3.38. The molecule has 1 saturated heterocycles. The lowest BCUT2D eigenvalue weighted by atomic mass is 9.89. The number of ketones is 1. The minimum atomic E-state index is -0.701. The first kappa shape index (κ1) is 21.5. The van der Waals surface area contributed by atoms with E-state index in [1.807, 2.05) is 36.6 Å². The van der Waals surface area contributed by atoms with Gasteiger partial charge in [-0.3, -0.25) is 14.5 Å². The highest BCUT2D eigenvalue weighted by molar-refractivity contribution is 7.10. The monoisotopic (exact) mass is 459 g/mol. The molecule has 3 aromatic rings. The van der Waals surface area contributed by atoms with E-state index in [1.165, 1.54) is 33.8 Å². The Balaban J connectivity index is 1.69. The number of rotatable bonds is 4. The van der Waals surface area contributed by atoms with Gasteiger partial charge in [-0.15, -0.1) is 11.3 Å². The van der Waals surface area contributed by atoms with E-state index in [-0.39, 0.29) is 11.3 Å². The fourth-order valence-corrected chi connectivity index (χ4v) is 5.83. The maximum absolute atomic E-state index is 13.3. The predicted molar refractivity (Wildman–Crippen MR) is 130 cm³/mol. The number of carbonyl (C=O) groups excluding carboxylic acids is 2. The van der Waals surface area contributed by atoms with Crippen molar-refractivity contribution in [2.45, 2.75) is 38.6 Å². The summed E-state index contributed by atoms with van der Waals surface area (Å²) in [4.78, 5) is 29.0. The SMILES string of the molecule is COc1cccc(N2C(=O)C(=O)/C(=C(\O)c3ccc4c(c3)CCCC4)C2c2sccc2C)c1. The van der Waals surface area contributed by atoms with Gasteiger partial charge in [-0.25, -0.2) is 0 Å². The third-order valence-corrected chi connectivity index (χ3v) is 7.62. The number of methoxy groups -OCH3 is 1. The number of ether oxygens (including phenoxy) is 1. The predicted octanol–water partition coefficient (Wildman–Crippen LogP) is 5.57. The lowest BCUT2D eigenvalue weighted by Gasteiger charge is -2.25. The zero-order valence-electron chi connectivity index (χ0n) is 18.6. The van der Waals surface area contributed by atoms with Gasteiger partial charge >= 0.3 is 0 Å². The molecule has 168 valence electrons. The molecular weight excluding hydrogens is 434 g/mol. The molecule has 5 nitrogen and oxygen atoms in total. The first-order valence-electron chi connectivity index (χ1n) is 11.1. The highest BCUT2D eigenvalue weighted by Crippen LogP contribution is 2.45. The highest BCUT2D eigenvalue weighted by atomic mass is 32.1. The summed E-state index contributed by atoms with van der Waals surface area (Å²) in [6.45, 7) is 1.95.